The molecule has 1 unspecified atom stereocenters. The van der Waals surface area contributed by atoms with Crippen molar-refractivity contribution in [2.24, 2.45) is 11.7 Å². The predicted octanol–water partition coefficient (Wildman–Crippen LogP) is 3.80. The van der Waals surface area contributed by atoms with Crippen molar-refractivity contribution in [2.45, 2.75) is 70.6 Å². The first-order valence-electron chi connectivity index (χ1n) is 11.7. The number of fused-ring (bicyclic) bond motifs is 1. The van der Waals surface area contributed by atoms with Crippen LogP contribution in [-0.2, 0) is 16.3 Å². The van der Waals surface area contributed by atoms with Gasteiger partial charge in [0.1, 0.15) is 24.7 Å². The van der Waals surface area contributed by atoms with Gasteiger partial charge in [0.05, 0.1) is 11.3 Å². The second-order valence-corrected chi connectivity index (χ2v) is 15.9. The van der Waals surface area contributed by atoms with Crippen LogP contribution in [0.4, 0.5) is 5.82 Å². The van der Waals surface area contributed by atoms with E-state index in [4.69, 9.17) is 16.2 Å². The smallest absolute Gasteiger partial charge is 0.242 e. The summed E-state index contributed by atoms with van der Waals surface area (Å²) in [6, 6.07) is 2.57. The van der Waals surface area contributed by atoms with E-state index in [0.29, 0.717) is 36.1 Å². The maximum atomic E-state index is 12.2. The largest absolute Gasteiger partial charge is 0.382 e. The van der Waals surface area contributed by atoms with Crippen LogP contribution in [0.25, 0.3) is 22.3 Å². The Morgan fingerprint density at radius 3 is 2.73 bits per heavy atom. The minimum Gasteiger partial charge on any atom is -0.382 e. The third-order valence-electron chi connectivity index (χ3n) is 6.48. The molecule has 9 nitrogen and oxygen atoms in total. The molecule has 178 valence electrons. The molecule has 1 fully saturated rings. The van der Waals surface area contributed by atoms with Crippen molar-refractivity contribution in [3.63, 3.8) is 0 Å². The lowest BCUT2D eigenvalue weighted by molar-refractivity contribution is -0.121. The van der Waals surface area contributed by atoms with Gasteiger partial charge in [0.25, 0.3) is 0 Å². The number of hydrogen-bond acceptors (Lipinski definition) is 6. The van der Waals surface area contributed by atoms with Crippen LogP contribution in [0.3, 0.4) is 0 Å². The van der Waals surface area contributed by atoms with Gasteiger partial charge in [0.2, 0.25) is 5.91 Å². The fourth-order valence-corrected chi connectivity index (χ4v) is 5.28. The van der Waals surface area contributed by atoms with Crippen LogP contribution in [0.15, 0.2) is 24.8 Å². The van der Waals surface area contributed by atoms with E-state index in [2.05, 4.69) is 34.7 Å². The summed E-state index contributed by atoms with van der Waals surface area (Å²) in [5.41, 5.74) is 14.2. The highest BCUT2D eigenvalue weighted by atomic mass is 28.3. The van der Waals surface area contributed by atoms with Crippen LogP contribution < -0.4 is 11.5 Å². The lowest BCUT2D eigenvalue weighted by Gasteiger charge is -2.17. The fourth-order valence-electron chi connectivity index (χ4n) is 4.53. The van der Waals surface area contributed by atoms with Crippen LogP contribution in [0, 0.1) is 5.92 Å². The zero-order valence-electron chi connectivity index (χ0n) is 19.8. The van der Waals surface area contributed by atoms with Crippen molar-refractivity contribution >= 4 is 30.8 Å². The minimum atomic E-state index is -1.14. The van der Waals surface area contributed by atoms with Gasteiger partial charge in [-0.25, -0.2) is 9.97 Å². The number of hydrogen-bond donors (Lipinski definition) is 2. The number of aromatic nitrogens is 5. The Kier molecular flexibility index (Phi) is 6.85. The topological polar surface area (TPSA) is 127 Å². The van der Waals surface area contributed by atoms with Crippen LogP contribution >= 0.6 is 0 Å². The first-order valence-corrected chi connectivity index (χ1v) is 15.5. The summed E-state index contributed by atoms with van der Waals surface area (Å²) in [6.45, 7) is 8.18. The number of ether oxygens (including phenoxy) is 1. The number of nitrogens with zero attached hydrogens (tertiary/aromatic N) is 5. The monoisotopic (exact) mass is 469 g/mol. The lowest BCUT2D eigenvalue weighted by atomic mass is 9.98. The van der Waals surface area contributed by atoms with Crippen LogP contribution in [0.1, 0.15) is 38.1 Å². The Bertz CT molecular complexity index is 1110. The Morgan fingerprint density at radius 2 is 2.03 bits per heavy atom. The molecule has 1 amide bonds. The summed E-state index contributed by atoms with van der Waals surface area (Å²) in [4.78, 5) is 21.2. The summed E-state index contributed by atoms with van der Waals surface area (Å²) in [7, 11) is -1.14. The van der Waals surface area contributed by atoms with Crippen molar-refractivity contribution in [2.75, 3.05) is 12.3 Å². The van der Waals surface area contributed by atoms with Crippen LogP contribution in [0.5, 0.6) is 0 Å². The Labute approximate surface area is 195 Å². The average Bonchev–Trinajstić information content (AvgIpc) is 3.48. The molecule has 33 heavy (non-hydrogen) atoms. The van der Waals surface area contributed by atoms with E-state index in [1.165, 1.54) is 19.2 Å². The molecule has 4 rings (SSSR count). The minimum absolute atomic E-state index is 0.326. The molecule has 3 aromatic rings. The molecular formula is C23H35N7O2Si. The molecule has 1 aliphatic rings. The molecule has 1 saturated carbocycles. The van der Waals surface area contributed by atoms with Crippen molar-refractivity contribution in [1.82, 2.24) is 24.3 Å². The highest BCUT2D eigenvalue weighted by Gasteiger charge is 2.27. The SMILES string of the molecule is C[Si](C)(C)CCOCn1ccc2c(-c3cn(C(CC4CCCC4)C(N)=O)nc3N)ncnc21. The first kappa shape index (κ1) is 23.4. The number of nitrogen functional groups attached to an aromatic ring is 1. The quantitative estimate of drug-likeness (QED) is 0.343. The average molecular weight is 470 g/mol. The zero-order valence-corrected chi connectivity index (χ0v) is 20.8. The van der Waals surface area contributed by atoms with Crippen molar-refractivity contribution in [3.8, 4) is 11.3 Å². The van der Waals surface area contributed by atoms with E-state index in [0.717, 1.165) is 36.5 Å². The standard InChI is InChI=1S/C23H35N7O2Si/c1-33(2,3)11-10-32-15-29-9-8-17-20(26-14-27-23(17)29)18-13-30(28-21(18)24)19(22(25)31)12-16-6-4-5-7-16/h8-9,13-14,16,19H,4-7,10-12,15H2,1-3H3,(H2,24,28)(H2,25,31). The molecule has 1 aliphatic carbocycles. The lowest BCUT2D eigenvalue weighted by Crippen LogP contribution is -2.28. The number of amides is 1. The van der Waals surface area contributed by atoms with Crippen molar-refractivity contribution in [3.05, 3.63) is 24.8 Å². The second-order valence-electron chi connectivity index (χ2n) is 10.3. The van der Waals surface area contributed by atoms with Gasteiger partial charge in [-0.05, 0) is 24.4 Å². The molecule has 1 atom stereocenters. The normalized spacial score (nSPS) is 16.0. The van der Waals surface area contributed by atoms with E-state index < -0.39 is 14.1 Å². The van der Waals surface area contributed by atoms with Gasteiger partial charge in [-0.1, -0.05) is 45.3 Å². The second kappa shape index (κ2) is 9.64. The third-order valence-corrected chi connectivity index (χ3v) is 8.18. The van der Waals surface area contributed by atoms with Gasteiger partial charge in [-0.3, -0.25) is 9.48 Å². The Hall–Kier alpha value is -2.72. The highest BCUT2D eigenvalue weighted by molar-refractivity contribution is 6.76. The highest BCUT2D eigenvalue weighted by Crippen LogP contribution is 2.34. The van der Waals surface area contributed by atoms with Gasteiger partial charge in [0.15, 0.2) is 5.82 Å². The first-order chi connectivity index (χ1) is 15.7. The van der Waals surface area contributed by atoms with E-state index in [1.54, 1.807) is 10.9 Å². The van der Waals surface area contributed by atoms with E-state index in [9.17, 15) is 4.79 Å². The molecule has 10 heteroatoms. The van der Waals surface area contributed by atoms with Gasteiger partial charge in [-0.15, -0.1) is 0 Å². The van der Waals surface area contributed by atoms with Crippen LogP contribution in [-0.4, -0.2) is 44.9 Å². The number of carbonyl (C=O) groups is 1. The Balaban J connectivity index is 1.57. The maximum absolute atomic E-state index is 12.2. The van der Waals surface area contributed by atoms with Gasteiger partial charge >= 0.3 is 0 Å². The number of anilines is 1. The summed E-state index contributed by atoms with van der Waals surface area (Å²) in [5.74, 6) is 0.439. The molecular weight excluding hydrogens is 434 g/mol. The molecule has 3 aromatic heterocycles. The van der Waals surface area contributed by atoms with E-state index >= 15 is 0 Å². The molecule has 0 radical (unpaired) electrons. The van der Waals surface area contributed by atoms with Gasteiger partial charge < -0.3 is 20.8 Å². The van der Waals surface area contributed by atoms with Crippen LogP contribution in [0.2, 0.25) is 25.7 Å². The molecule has 0 bridgehead atoms. The zero-order chi connectivity index (χ0) is 23.6. The van der Waals surface area contributed by atoms with Gasteiger partial charge in [-0.2, -0.15) is 5.10 Å². The summed E-state index contributed by atoms with van der Waals surface area (Å²) in [5, 5.41) is 5.32. The van der Waals surface area contributed by atoms with Gasteiger partial charge in [0, 0.05) is 32.5 Å². The third kappa shape index (κ3) is 5.44. The molecule has 0 spiro atoms. The summed E-state index contributed by atoms with van der Waals surface area (Å²) < 4.78 is 9.49. The maximum Gasteiger partial charge on any atom is 0.242 e. The van der Waals surface area contributed by atoms with Crippen molar-refractivity contribution < 1.29 is 9.53 Å². The molecule has 4 N–H and O–H groups in total. The number of rotatable bonds is 10. The van der Waals surface area contributed by atoms with Crippen molar-refractivity contribution in [1.29, 1.82) is 0 Å². The number of nitrogens with two attached hydrogens (primary N) is 2. The number of primary amides is 1. The summed E-state index contributed by atoms with van der Waals surface area (Å²) in [6.07, 6.45) is 10.6. The molecule has 3 heterocycles. The number of carbonyl (C=O) groups excluding carboxylic acids is 1. The Morgan fingerprint density at radius 1 is 1.27 bits per heavy atom. The fraction of sp³-hybridized carbons (Fsp3) is 0.565. The summed E-state index contributed by atoms with van der Waals surface area (Å²) >= 11 is 0. The van der Waals surface area contributed by atoms with E-state index in [1.807, 2.05) is 16.8 Å². The molecule has 0 saturated heterocycles. The van der Waals surface area contributed by atoms with E-state index in [-0.39, 0.29) is 5.91 Å². The molecule has 0 aromatic carbocycles. The molecule has 0 aliphatic heterocycles. The predicted molar refractivity (Wildman–Crippen MR) is 132 cm³/mol.